The molecule has 4 atom stereocenters. The highest BCUT2D eigenvalue weighted by atomic mass is 32.2. The van der Waals surface area contributed by atoms with E-state index in [1.165, 1.54) is 17.5 Å². The first-order valence-corrected chi connectivity index (χ1v) is 11.8. The van der Waals surface area contributed by atoms with E-state index in [-0.39, 0.29) is 24.5 Å². The summed E-state index contributed by atoms with van der Waals surface area (Å²) in [7, 11) is -4.04. The number of aliphatic hydroxyl groups is 1. The second kappa shape index (κ2) is 7.86. The van der Waals surface area contributed by atoms with E-state index in [0.29, 0.717) is 29.8 Å². The van der Waals surface area contributed by atoms with Crippen molar-refractivity contribution in [3.8, 4) is 0 Å². The zero-order valence-electron chi connectivity index (χ0n) is 16.8. The topological polar surface area (TPSA) is 141 Å². The molecule has 2 aliphatic carbocycles. The van der Waals surface area contributed by atoms with Crippen LogP contribution in [0.5, 0.6) is 0 Å². The molecule has 2 heterocycles. The molecule has 0 bridgehead atoms. The summed E-state index contributed by atoms with van der Waals surface area (Å²) in [6, 6.07) is 8.55. The number of nitrogens with two attached hydrogens (primary N) is 1. The van der Waals surface area contributed by atoms with Gasteiger partial charge in [0, 0.05) is 11.5 Å². The molecule has 5 rings (SSSR count). The summed E-state index contributed by atoms with van der Waals surface area (Å²) < 4.78 is 32.7. The van der Waals surface area contributed by atoms with Gasteiger partial charge in [0.15, 0.2) is 11.4 Å². The summed E-state index contributed by atoms with van der Waals surface area (Å²) in [5, 5.41) is 18.8. The number of nitrogens with one attached hydrogen (secondary N) is 1. The highest BCUT2D eigenvalue weighted by Gasteiger charge is 2.37. The lowest BCUT2D eigenvalue weighted by Gasteiger charge is -2.14. The van der Waals surface area contributed by atoms with Crippen molar-refractivity contribution in [2.75, 3.05) is 11.9 Å². The zero-order chi connectivity index (χ0) is 21.6. The van der Waals surface area contributed by atoms with Gasteiger partial charge in [-0.3, -0.25) is 4.18 Å². The Labute approximate surface area is 179 Å². The lowest BCUT2D eigenvalue weighted by atomic mass is 9.98. The van der Waals surface area contributed by atoms with Crippen LogP contribution in [-0.2, 0) is 20.9 Å². The Balaban J connectivity index is 1.37. The van der Waals surface area contributed by atoms with Crippen molar-refractivity contribution in [2.24, 2.45) is 11.1 Å². The van der Waals surface area contributed by atoms with Crippen molar-refractivity contribution in [3.63, 3.8) is 0 Å². The predicted octanol–water partition coefficient (Wildman–Crippen LogP) is 2.40. The third-order valence-corrected chi connectivity index (χ3v) is 6.83. The number of rotatable bonds is 6. The van der Waals surface area contributed by atoms with Gasteiger partial charge >= 0.3 is 10.3 Å². The minimum atomic E-state index is -4.04. The normalized spacial score (nSPS) is 25.7. The molecule has 1 fully saturated rings. The Hall–Kier alpha value is -2.53. The molecule has 2 aliphatic rings. The molecule has 1 saturated carbocycles. The molecule has 164 valence electrons. The third-order valence-electron chi connectivity index (χ3n) is 6.37. The third kappa shape index (κ3) is 4.03. The number of fused-ring (bicyclic) bond motifs is 2. The van der Waals surface area contributed by atoms with Crippen molar-refractivity contribution in [1.29, 1.82) is 0 Å². The van der Waals surface area contributed by atoms with E-state index < -0.39 is 16.4 Å². The largest absolute Gasteiger partial charge is 0.458 e. The van der Waals surface area contributed by atoms with Crippen LogP contribution in [0.15, 0.2) is 41.3 Å². The van der Waals surface area contributed by atoms with Crippen LogP contribution < -0.4 is 10.5 Å². The second-order valence-electron chi connectivity index (χ2n) is 8.30. The lowest BCUT2D eigenvalue weighted by Crippen LogP contribution is -2.24. The molecule has 0 radical (unpaired) electrons. The molecule has 10 heteroatoms. The van der Waals surface area contributed by atoms with Crippen LogP contribution in [-0.4, -0.2) is 36.2 Å². The summed E-state index contributed by atoms with van der Waals surface area (Å²) >= 11 is 0. The molecule has 0 saturated heterocycles. The molecule has 0 unspecified atom stereocenters. The van der Waals surface area contributed by atoms with Crippen LogP contribution >= 0.6 is 0 Å². The number of hydrogen-bond donors (Lipinski definition) is 3. The fraction of sp³-hybridized carbons (Fsp3) is 0.429. The SMILES string of the molecule is NS(=O)(=O)OC[C@@H]1C[C@@H](c2coc3c(N[C@H]4CCc5ccccc54)ncnc23)C[C@@H]1O. The van der Waals surface area contributed by atoms with E-state index in [1.807, 2.05) is 6.07 Å². The van der Waals surface area contributed by atoms with E-state index in [0.717, 1.165) is 18.4 Å². The number of furan rings is 1. The molecule has 4 N–H and O–H groups in total. The molecule has 1 aromatic carbocycles. The second-order valence-corrected chi connectivity index (χ2v) is 9.52. The number of nitrogens with zero attached hydrogens (tertiary/aromatic N) is 2. The van der Waals surface area contributed by atoms with Gasteiger partial charge in [0.1, 0.15) is 11.8 Å². The van der Waals surface area contributed by atoms with Gasteiger partial charge in [-0.1, -0.05) is 24.3 Å². The fourth-order valence-electron chi connectivity index (χ4n) is 4.85. The Bertz CT molecular complexity index is 1210. The van der Waals surface area contributed by atoms with E-state index in [9.17, 15) is 13.5 Å². The van der Waals surface area contributed by atoms with Crippen molar-refractivity contribution in [2.45, 2.75) is 43.7 Å². The van der Waals surface area contributed by atoms with Gasteiger partial charge in [0.25, 0.3) is 0 Å². The van der Waals surface area contributed by atoms with Crippen LogP contribution in [0.1, 0.15) is 47.9 Å². The summed E-state index contributed by atoms with van der Waals surface area (Å²) in [5.74, 6) is 0.286. The Morgan fingerprint density at radius 3 is 2.90 bits per heavy atom. The van der Waals surface area contributed by atoms with Crippen molar-refractivity contribution in [1.82, 2.24) is 9.97 Å². The molecular formula is C21H24N4O5S. The minimum absolute atomic E-state index is 0.0275. The van der Waals surface area contributed by atoms with E-state index >= 15 is 0 Å². The Kier molecular flexibility index (Phi) is 5.17. The molecule has 3 aromatic rings. The Morgan fingerprint density at radius 2 is 2.06 bits per heavy atom. The van der Waals surface area contributed by atoms with Gasteiger partial charge in [-0.05, 0) is 42.7 Å². The maximum Gasteiger partial charge on any atom is 0.333 e. The zero-order valence-corrected chi connectivity index (χ0v) is 17.6. The standard InChI is InChI=1S/C21H24N4O5S/c22-31(27,28)30-9-14-7-13(8-18(14)26)16-10-29-20-19(16)23-11-24-21(20)25-17-6-5-12-3-1-2-4-15(12)17/h1-4,10-11,13-14,17-18,26H,5-9H2,(H2,22,27,28)(H,23,24,25)/t13-,14+,17+,18+/m1/s1. The maximum atomic E-state index is 11.1. The molecule has 0 spiro atoms. The highest BCUT2D eigenvalue weighted by molar-refractivity contribution is 7.84. The fourth-order valence-corrected chi connectivity index (χ4v) is 5.22. The predicted molar refractivity (Wildman–Crippen MR) is 113 cm³/mol. The average molecular weight is 445 g/mol. The summed E-state index contributed by atoms with van der Waals surface area (Å²) in [6.07, 6.45) is 5.51. The molecule has 2 aromatic heterocycles. The average Bonchev–Trinajstić information content (AvgIpc) is 3.43. The van der Waals surface area contributed by atoms with E-state index in [2.05, 4.69) is 37.7 Å². The highest BCUT2D eigenvalue weighted by Crippen LogP contribution is 2.43. The Morgan fingerprint density at radius 1 is 1.23 bits per heavy atom. The monoisotopic (exact) mass is 444 g/mol. The van der Waals surface area contributed by atoms with Gasteiger partial charge in [-0.15, -0.1) is 0 Å². The molecular weight excluding hydrogens is 420 g/mol. The molecule has 9 nitrogen and oxygen atoms in total. The first-order valence-electron chi connectivity index (χ1n) is 10.3. The van der Waals surface area contributed by atoms with E-state index in [4.69, 9.17) is 9.56 Å². The molecule has 31 heavy (non-hydrogen) atoms. The van der Waals surface area contributed by atoms with Crippen LogP contribution in [0.3, 0.4) is 0 Å². The quantitative estimate of drug-likeness (QED) is 0.526. The minimum Gasteiger partial charge on any atom is -0.458 e. The summed E-state index contributed by atoms with van der Waals surface area (Å²) in [6.45, 7) is -0.144. The number of aryl methyl sites for hydroxylation is 1. The first-order chi connectivity index (χ1) is 14.9. The van der Waals surface area contributed by atoms with Gasteiger partial charge in [-0.25, -0.2) is 15.1 Å². The van der Waals surface area contributed by atoms with Gasteiger partial charge in [0.05, 0.1) is 25.0 Å². The van der Waals surface area contributed by atoms with Gasteiger partial charge in [-0.2, -0.15) is 8.42 Å². The number of anilines is 1. The van der Waals surface area contributed by atoms with Crippen molar-refractivity contribution >= 4 is 27.2 Å². The van der Waals surface area contributed by atoms with Crippen molar-refractivity contribution in [3.05, 3.63) is 53.5 Å². The van der Waals surface area contributed by atoms with Gasteiger partial charge < -0.3 is 14.8 Å². The number of benzene rings is 1. The first kappa shape index (κ1) is 20.4. The molecule has 0 amide bonds. The summed E-state index contributed by atoms with van der Waals surface area (Å²) in [5.41, 5.74) is 4.79. The van der Waals surface area contributed by atoms with Crippen LogP contribution in [0.25, 0.3) is 11.1 Å². The summed E-state index contributed by atoms with van der Waals surface area (Å²) in [4.78, 5) is 8.83. The van der Waals surface area contributed by atoms with Crippen LogP contribution in [0.2, 0.25) is 0 Å². The number of aliphatic hydroxyl groups excluding tert-OH is 1. The van der Waals surface area contributed by atoms with Crippen LogP contribution in [0, 0.1) is 5.92 Å². The number of aromatic nitrogens is 2. The lowest BCUT2D eigenvalue weighted by molar-refractivity contribution is 0.101. The molecule has 0 aliphatic heterocycles. The van der Waals surface area contributed by atoms with Crippen molar-refractivity contribution < 1.29 is 22.1 Å². The maximum absolute atomic E-state index is 11.1. The van der Waals surface area contributed by atoms with Gasteiger partial charge in [0.2, 0.25) is 0 Å². The van der Waals surface area contributed by atoms with E-state index in [1.54, 1.807) is 6.26 Å². The van der Waals surface area contributed by atoms with Crippen LogP contribution in [0.4, 0.5) is 5.82 Å². The smallest absolute Gasteiger partial charge is 0.333 e. The number of hydrogen-bond acceptors (Lipinski definition) is 8.